The molecule has 0 saturated heterocycles. The van der Waals surface area contributed by atoms with Gasteiger partial charge in [0.15, 0.2) is 0 Å². The lowest BCUT2D eigenvalue weighted by Gasteiger charge is -2.32. The van der Waals surface area contributed by atoms with Gasteiger partial charge in [-0.25, -0.2) is 0 Å². The van der Waals surface area contributed by atoms with E-state index in [4.69, 9.17) is 4.84 Å². The Morgan fingerprint density at radius 1 is 1.00 bits per heavy atom. The summed E-state index contributed by atoms with van der Waals surface area (Å²) in [7, 11) is 0. The maximum atomic E-state index is 6.23. The summed E-state index contributed by atoms with van der Waals surface area (Å²) in [6.07, 6.45) is 13.1. The Balaban J connectivity index is 1.93. The molecule has 0 radical (unpaired) electrons. The molecule has 0 spiro atoms. The molecule has 0 unspecified atom stereocenters. The molecule has 1 aromatic rings. The average Bonchev–Trinajstić information content (AvgIpc) is 2.62. The van der Waals surface area contributed by atoms with Gasteiger partial charge in [0.1, 0.15) is 6.10 Å². The molecule has 1 aliphatic rings. The van der Waals surface area contributed by atoms with E-state index in [9.17, 15) is 0 Å². The zero-order valence-corrected chi connectivity index (χ0v) is 15.1. The highest BCUT2D eigenvalue weighted by Gasteiger charge is 2.24. The molecule has 1 aromatic carbocycles. The molecule has 1 aliphatic carbocycles. The van der Waals surface area contributed by atoms with Crippen molar-refractivity contribution < 1.29 is 4.84 Å². The number of rotatable bonds is 10. The van der Waals surface area contributed by atoms with Crippen LogP contribution < -0.4 is 5.48 Å². The Hall–Kier alpha value is -0.860. The third-order valence-electron chi connectivity index (χ3n) is 5.17. The maximum absolute atomic E-state index is 6.23. The van der Waals surface area contributed by atoms with Crippen LogP contribution in [0.2, 0.25) is 0 Å². The van der Waals surface area contributed by atoms with E-state index in [1.54, 1.807) is 0 Å². The van der Waals surface area contributed by atoms with Gasteiger partial charge in [-0.15, -0.1) is 0 Å². The van der Waals surface area contributed by atoms with Crippen LogP contribution in [0.25, 0.3) is 0 Å². The van der Waals surface area contributed by atoms with Crippen molar-refractivity contribution in [3.63, 3.8) is 0 Å². The van der Waals surface area contributed by atoms with Crippen LogP contribution in [0.3, 0.4) is 0 Å². The van der Waals surface area contributed by atoms with Gasteiger partial charge in [-0.3, -0.25) is 4.84 Å². The lowest BCUT2D eigenvalue weighted by Crippen LogP contribution is -2.38. The molecule has 0 aromatic heterocycles. The van der Waals surface area contributed by atoms with Gasteiger partial charge in [-0.2, -0.15) is 5.48 Å². The monoisotopic (exact) mass is 317 g/mol. The summed E-state index contributed by atoms with van der Waals surface area (Å²) < 4.78 is 0. The van der Waals surface area contributed by atoms with Gasteiger partial charge in [0.2, 0.25) is 0 Å². The molecule has 1 saturated carbocycles. The Bertz CT molecular complexity index is 400. The summed E-state index contributed by atoms with van der Waals surface area (Å²) in [5.74, 6) is 0.799. The molecule has 0 aliphatic heterocycles. The first-order valence-electron chi connectivity index (χ1n) is 9.81. The van der Waals surface area contributed by atoms with E-state index in [0.29, 0.717) is 6.04 Å². The number of hydrogen-bond donors (Lipinski definition) is 1. The van der Waals surface area contributed by atoms with E-state index in [0.717, 1.165) is 18.8 Å². The first-order valence-corrected chi connectivity index (χ1v) is 9.81. The van der Waals surface area contributed by atoms with Crippen molar-refractivity contribution in [2.24, 2.45) is 5.92 Å². The van der Waals surface area contributed by atoms with Gasteiger partial charge in [0, 0.05) is 6.04 Å². The minimum atomic E-state index is 0.175. The predicted octanol–water partition coefficient (Wildman–Crippen LogP) is 6.19. The zero-order valence-electron chi connectivity index (χ0n) is 15.1. The van der Waals surface area contributed by atoms with Crippen LogP contribution in [-0.4, -0.2) is 6.04 Å². The van der Waals surface area contributed by atoms with Crippen molar-refractivity contribution in [1.29, 1.82) is 0 Å². The number of benzene rings is 1. The van der Waals surface area contributed by atoms with Gasteiger partial charge in [0.25, 0.3) is 0 Å². The van der Waals surface area contributed by atoms with Gasteiger partial charge in [-0.05, 0) is 37.2 Å². The van der Waals surface area contributed by atoms with Gasteiger partial charge in [0.05, 0.1) is 0 Å². The molecule has 130 valence electrons. The molecular weight excluding hydrogens is 282 g/mol. The van der Waals surface area contributed by atoms with E-state index in [1.807, 2.05) is 0 Å². The quantitative estimate of drug-likeness (QED) is 0.520. The summed E-state index contributed by atoms with van der Waals surface area (Å²) in [6, 6.07) is 11.2. The Morgan fingerprint density at radius 2 is 1.74 bits per heavy atom. The molecule has 1 fully saturated rings. The molecule has 0 amide bonds. The van der Waals surface area contributed by atoms with E-state index >= 15 is 0 Å². The molecular formula is C21H35NO. The van der Waals surface area contributed by atoms with Crippen molar-refractivity contribution in [2.45, 2.75) is 90.2 Å². The van der Waals surface area contributed by atoms with E-state index in [2.05, 4.69) is 49.7 Å². The molecule has 2 atom stereocenters. The molecule has 23 heavy (non-hydrogen) atoms. The second-order valence-electron chi connectivity index (χ2n) is 7.07. The Kier molecular flexibility index (Phi) is 8.70. The second-order valence-corrected chi connectivity index (χ2v) is 7.07. The first kappa shape index (κ1) is 18.5. The van der Waals surface area contributed by atoms with Crippen molar-refractivity contribution >= 4 is 0 Å². The highest BCUT2D eigenvalue weighted by Crippen LogP contribution is 2.30. The Labute approximate surface area is 143 Å². The highest BCUT2D eigenvalue weighted by molar-refractivity contribution is 5.17. The number of hydrogen-bond acceptors (Lipinski definition) is 2. The van der Waals surface area contributed by atoms with Crippen molar-refractivity contribution in [2.75, 3.05) is 0 Å². The third kappa shape index (κ3) is 6.27. The van der Waals surface area contributed by atoms with E-state index in [-0.39, 0.29) is 6.10 Å². The molecule has 0 heterocycles. The standard InChI is InChI=1S/C21H35NO/c1-3-5-17-20(18-13-8-6-9-14-18)22-23-21(12-4-2)19-15-10-7-11-16-19/h7,10-11,15-16,18,20-22H,3-6,8-9,12-14,17H2,1-2H3/t20-,21-/m1/s1. The van der Waals surface area contributed by atoms with Gasteiger partial charge < -0.3 is 0 Å². The summed E-state index contributed by atoms with van der Waals surface area (Å²) in [5, 5.41) is 0. The smallest absolute Gasteiger partial charge is 0.104 e. The van der Waals surface area contributed by atoms with Crippen molar-refractivity contribution in [3.05, 3.63) is 35.9 Å². The summed E-state index contributed by atoms with van der Waals surface area (Å²) in [6.45, 7) is 4.51. The van der Waals surface area contributed by atoms with Crippen LogP contribution >= 0.6 is 0 Å². The van der Waals surface area contributed by atoms with Gasteiger partial charge >= 0.3 is 0 Å². The molecule has 2 nitrogen and oxygen atoms in total. The zero-order chi connectivity index (χ0) is 16.3. The second kappa shape index (κ2) is 10.8. The third-order valence-corrected chi connectivity index (χ3v) is 5.17. The van der Waals surface area contributed by atoms with E-state index < -0.39 is 0 Å². The first-order chi connectivity index (χ1) is 11.3. The number of unbranched alkanes of at least 4 members (excludes halogenated alkanes) is 1. The average molecular weight is 318 g/mol. The molecule has 2 heteroatoms. The largest absolute Gasteiger partial charge is 0.293 e. The highest BCUT2D eigenvalue weighted by atomic mass is 16.7. The lowest BCUT2D eigenvalue weighted by molar-refractivity contribution is -0.0647. The van der Waals surface area contributed by atoms with Crippen LogP contribution in [0.15, 0.2) is 30.3 Å². The van der Waals surface area contributed by atoms with Crippen LogP contribution in [0.5, 0.6) is 0 Å². The summed E-state index contributed by atoms with van der Waals surface area (Å²) in [4.78, 5) is 6.23. The lowest BCUT2D eigenvalue weighted by atomic mass is 9.82. The summed E-state index contributed by atoms with van der Waals surface area (Å²) >= 11 is 0. The fourth-order valence-corrected chi connectivity index (χ4v) is 3.74. The van der Waals surface area contributed by atoms with Gasteiger partial charge in [-0.1, -0.05) is 82.7 Å². The minimum Gasteiger partial charge on any atom is -0.293 e. The number of nitrogens with one attached hydrogen (secondary N) is 1. The van der Waals surface area contributed by atoms with Crippen molar-refractivity contribution in [1.82, 2.24) is 5.48 Å². The van der Waals surface area contributed by atoms with Crippen LogP contribution in [0.4, 0.5) is 0 Å². The molecule has 1 N–H and O–H groups in total. The Morgan fingerprint density at radius 3 is 2.39 bits per heavy atom. The fraction of sp³-hybridized carbons (Fsp3) is 0.714. The van der Waals surface area contributed by atoms with Crippen LogP contribution in [-0.2, 0) is 4.84 Å². The summed E-state index contributed by atoms with van der Waals surface area (Å²) in [5.41, 5.74) is 4.80. The topological polar surface area (TPSA) is 21.3 Å². The fourth-order valence-electron chi connectivity index (χ4n) is 3.74. The van der Waals surface area contributed by atoms with E-state index in [1.165, 1.54) is 56.9 Å². The maximum Gasteiger partial charge on any atom is 0.104 e. The van der Waals surface area contributed by atoms with Crippen molar-refractivity contribution in [3.8, 4) is 0 Å². The minimum absolute atomic E-state index is 0.175. The SMILES string of the molecule is CCCC[C@@H](NO[C@H](CCC)c1ccccc1)C1CCCCC1. The number of hydroxylamine groups is 1. The predicted molar refractivity (Wildman–Crippen MR) is 98.2 cm³/mol. The molecule has 0 bridgehead atoms. The van der Waals surface area contributed by atoms with Crippen LogP contribution in [0.1, 0.15) is 89.7 Å². The molecule has 2 rings (SSSR count). The van der Waals surface area contributed by atoms with Crippen LogP contribution in [0, 0.1) is 5.92 Å². The normalized spacial score (nSPS) is 18.7.